The topological polar surface area (TPSA) is 68.0 Å². The molecule has 2 unspecified atom stereocenters. The van der Waals surface area contributed by atoms with Gasteiger partial charge in [-0.15, -0.1) is 10.2 Å². The zero-order valence-electron chi connectivity index (χ0n) is 12.9. The molecule has 2 rings (SSSR count). The van der Waals surface area contributed by atoms with E-state index < -0.39 is 5.97 Å². The van der Waals surface area contributed by atoms with Crippen LogP contribution in [-0.4, -0.2) is 31.6 Å². The molecular weight excluding hydrogens is 286 g/mol. The lowest BCUT2D eigenvalue weighted by Gasteiger charge is -2.20. The molecule has 0 saturated heterocycles. The molecule has 1 saturated carbocycles. The Hall–Kier alpha value is -1.04. The van der Waals surface area contributed by atoms with Crippen LogP contribution in [0.5, 0.6) is 0 Å². The van der Waals surface area contributed by atoms with Gasteiger partial charge in [-0.2, -0.15) is 0 Å². The predicted octanol–water partition coefficient (Wildman–Crippen LogP) is 3.55. The monoisotopic (exact) mass is 311 g/mol. The summed E-state index contributed by atoms with van der Waals surface area (Å²) in [6, 6.07) is 0.433. The number of carbonyl (C=O) groups is 1. The zero-order chi connectivity index (χ0) is 15.2. The predicted molar refractivity (Wildman–Crippen MR) is 83.7 cm³/mol. The molecule has 0 spiro atoms. The zero-order valence-corrected chi connectivity index (χ0v) is 13.7. The highest BCUT2D eigenvalue weighted by Gasteiger charge is 2.23. The third-order valence-corrected chi connectivity index (χ3v) is 5.05. The van der Waals surface area contributed by atoms with Crippen LogP contribution in [0.25, 0.3) is 0 Å². The molecule has 1 fully saturated rings. The summed E-state index contributed by atoms with van der Waals surface area (Å²) < 4.78 is 2.23. The Kier molecular flexibility index (Phi) is 6.08. The largest absolute Gasteiger partial charge is 0.481 e. The first-order chi connectivity index (χ1) is 10.1. The standard InChI is InChI=1S/C15H25N3O2S/c1-3-5-13-16-17-15(21-10-14(19)20)18(13)12-7-4-6-11(2)8-9-12/h11-12H,3-10H2,1-2H3,(H,19,20). The van der Waals surface area contributed by atoms with Gasteiger partial charge in [-0.3, -0.25) is 4.79 Å². The highest BCUT2D eigenvalue weighted by atomic mass is 32.2. The summed E-state index contributed by atoms with van der Waals surface area (Å²) in [6.45, 7) is 4.46. The van der Waals surface area contributed by atoms with E-state index in [-0.39, 0.29) is 5.75 Å². The first-order valence-electron chi connectivity index (χ1n) is 7.90. The summed E-state index contributed by atoms with van der Waals surface area (Å²) in [5, 5.41) is 18.2. The van der Waals surface area contributed by atoms with Crippen molar-refractivity contribution >= 4 is 17.7 Å². The number of thioether (sulfide) groups is 1. The van der Waals surface area contributed by atoms with Crippen molar-refractivity contribution in [2.24, 2.45) is 5.92 Å². The molecule has 118 valence electrons. The van der Waals surface area contributed by atoms with Gasteiger partial charge in [-0.25, -0.2) is 0 Å². The molecule has 6 heteroatoms. The summed E-state index contributed by atoms with van der Waals surface area (Å²) in [6.07, 6.45) is 8.00. The Morgan fingerprint density at radius 1 is 1.33 bits per heavy atom. The Balaban J connectivity index is 2.20. The normalized spacial score (nSPS) is 23.0. The lowest BCUT2D eigenvalue weighted by Crippen LogP contribution is -2.14. The SMILES string of the molecule is CCCc1nnc(SCC(=O)O)n1C1CCCC(C)CC1. The molecule has 0 radical (unpaired) electrons. The average Bonchev–Trinajstić information content (AvgIpc) is 2.71. The summed E-state index contributed by atoms with van der Waals surface area (Å²) in [5.41, 5.74) is 0. The van der Waals surface area contributed by atoms with Crippen molar-refractivity contribution in [1.29, 1.82) is 0 Å². The van der Waals surface area contributed by atoms with Crippen LogP contribution in [-0.2, 0) is 11.2 Å². The molecule has 2 atom stereocenters. The van der Waals surface area contributed by atoms with Gasteiger partial charge in [0.1, 0.15) is 5.82 Å². The van der Waals surface area contributed by atoms with Gasteiger partial charge < -0.3 is 9.67 Å². The minimum atomic E-state index is -0.805. The summed E-state index contributed by atoms with van der Waals surface area (Å²) >= 11 is 1.29. The van der Waals surface area contributed by atoms with Gasteiger partial charge in [-0.05, 0) is 31.6 Å². The van der Waals surface area contributed by atoms with E-state index in [1.54, 1.807) is 0 Å². The number of hydrogen-bond acceptors (Lipinski definition) is 4. The second-order valence-corrected chi connectivity index (χ2v) is 6.91. The molecule has 5 nitrogen and oxygen atoms in total. The van der Waals surface area contributed by atoms with Crippen LogP contribution in [0.15, 0.2) is 5.16 Å². The fraction of sp³-hybridized carbons (Fsp3) is 0.800. The van der Waals surface area contributed by atoms with Gasteiger partial charge in [0.25, 0.3) is 0 Å². The van der Waals surface area contributed by atoms with Gasteiger partial charge in [-0.1, -0.05) is 38.5 Å². The fourth-order valence-corrected chi connectivity index (χ4v) is 3.76. The van der Waals surface area contributed by atoms with Crippen molar-refractivity contribution in [3.8, 4) is 0 Å². The number of aromatic nitrogens is 3. The Morgan fingerprint density at radius 2 is 2.14 bits per heavy atom. The van der Waals surface area contributed by atoms with Crippen LogP contribution in [0, 0.1) is 5.92 Å². The second kappa shape index (κ2) is 7.82. The highest BCUT2D eigenvalue weighted by molar-refractivity contribution is 7.99. The molecule has 0 aliphatic heterocycles. The van der Waals surface area contributed by atoms with E-state index in [1.807, 2.05) is 0 Å². The molecule has 1 aliphatic carbocycles. The molecule has 1 N–H and O–H groups in total. The van der Waals surface area contributed by atoms with Gasteiger partial charge in [0.2, 0.25) is 0 Å². The maximum atomic E-state index is 10.8. The maximum absolute atomic E-state index is 10.8. The van der Waals surface area contributed by atoms with Crippen LogP contribution in [0.4, 0.5) is 0 Å². The first-order valence-corrected chi connectivity index (χ1v) is 8.88. The molecule has 1 aromatic heterocycles. The van der Waals surface area contributed by atoms with E-state index >= 15 is 0 Å². The van der Waals surface area contributed by atoms with E-state index in [2.05, 4.69) is 28.6 Å². The van der Waals surface area contributed by atoms with Gasteiger partial charge in [0, 0.05) is 12.5 Å². The quantitative estimate of drug-likeness (QED) is 0.643. The number of hydrogen-bond donors (Lipinski definition) is 1. The molecule has 0 amide bonds. The molecule has 1 aromatic rings. The van der Waals surface area contributed by atoms with Crippen LogP contribution in [0.2, 0.25) is 0 Å². The average molecular weight is 311 g/mol. The summed E-state index contributed by atoms with van der Waals surface area (Å²) in [5.74, 6) is 1.05. The number of aliphatic carboxylic acids is 1. The number of carboxylic acid groups (broad SMARTS) is 1. The van der Waals surface area contributed by atoms with Crippen molar-refractivity contribution in [3.05, 3.63) is 5.82 Å². The van der Waals surface area contributed by atoms with Crippen molar-refractivity contribution in [1.82, 2.24) is 14.8 Å². The van der Waals surface area contributed by atoms with Crippen molar-refractivity contribution in [2.75, 3.05) is 5.75 Å². The van der Waals surface area contributed by atoms with Crippen LogP contribution in [0.3, 0.4) is 0 Å². The van der Waals surface area contributed by atoms with Gasteiger partial charge >= 0.3 is 5.97 Å². The van der Waals surface area contributed by atoms with Crippen LogP contribution >= 0.6 is 11.8 Å². The van der Waals surface area contributed by atoms with Gasteiger partial charge in [0.05, 0.1) is 5.75 Å². The fourth-order valence-electron chi connectivity index (χ4n) is 3.02. The molecule has 0 aromatic carbocycles. The summed E-state index contributed by atoms with van der Waals surface area (Å²) in [4.78, 5) is 10.8. The van der Waals surface area contributed by atoms with E-state index in [0.717, 1.165) is 42.6 Å². The minimum Gasteiger partial charge on any atom is -0.481 e. The van der Waals surface area contributed by atoms with E-state index in [1.165, 1.54) is 31.0 Å². The van der Waals surface area contributed by atoms with Crippen molar-refractivity contribution < 1.29 is 9.90 Å². The smallest absolute Gasteiger partial charge is 0.313 e. The lowest BCUT2D eigenvalue weighted by atomic mass is 10.0. The number of nitrogens with zero attached hydrogens (tertiary/aromatic N) is 3. The summed E-state index contributed by atoms with van der Waals surface area (Å²) in [7, 11) is 0. The van der Waals surface area contributed by atoms with E-state index in [0.29, 0.717) is 6.04 Å². The molecule has 21 heavy (non-hydrogen) atoms. The number of rotatable bonds is 6. The molecule has 1 heterocycles. The van der Waals surface area contributed by atoms with Gasteiger partial charge in [0.15, 0.2) is 5.16 Å². The Bertz CT molecular complexity index is 475. The third kappa shape index (κ3) is 4.46. The number of carboxylic acids is 1. The Labute approximate surface area is 130 Å². The first kappa shape index (κ1) is 16.3. The lowest BCUT2D eigenvalue weighted by molar-refractivity contribution is -0.133. The van der Waals surface area contributed by atoms with E-state index in [9.17, 15) is 4.79 Å². The third-order valence-electron chi connectivity index (χ3n) is 4.13. The molecular formula is C15H25N3O2S. The molecule has 0 bridgehead atoms. The molecule has 1 aliphatic rings. The van der Waals surface area contributed by atoms with Crippen molar-refractivity contribution in [3.63, 3.8) is 0 Å². The van der Waals surface area contributed by atoms with E-state index in [4.69, 9.17) is 5.11 Å². The minimum absolute atomic E-state index is 0.0490. The highest BCUT2D eigenvalue weighted by Crippen LogP contribution is 2.34. The number of aryl methyl sites for hydroxylation is 1. The van der Waals surface area contributed by atoms with Crippen molar-refractivity contribution in [2.45, 2.75) is 70.0 Å². The maximum Gasteiger partial charge on any atom is 0.313 e. The second-order valence-electron chi connectivity index (χ2n) is 5.97. The van der Waals surface area contributed by atoms with Crippen LogP contribution in [0.1, 0.15) is 64.2 Å². The Morgan fingerprint density at radius 3 is 2.86 bits per heavy atom. The van der Waals surface area contributed by atoms with Crippen LogP contribution < -0.4 is 0 Å².